The number of carbonyl (C=O) groups is 2. The number of nitrogens with one attached hydrogen (secondary N) is 3. The van der Waals surface area contributed by atoms with E-state index in [-0.39, 0.29) is 18.4 Å². The van der Waals surface area contributed by atoms with Crippen LogP contribution >= 0.6 is 0 Å². The third kappa shape index (κ3) is 6.50. The van der Waals surface area contributed by atoms with Crippen molar-refractivity contribution in [2.24, 2.45) is 0 Å². The van der Waals surface area contributed by atoms with Crippen molar-refractivity contribution in [3.05, 3.63) is 65.7 Å². The van der Waals surface area contributed by atoms with Crippen LogP contribution in [0.25, 0.3) is 0 Å². The fourth-order valence-electron chi connectivity index (χ4n) is 3.51. The van der Waals surface area contributed by atoms with Gasteiger partial charge in [0.1, 0.15) is 0 Å². The zero-order valence-electron chi connectivity index (χ0n) is 16.2. The van der Waals surface area contributed by atoms with Gasteiger partial charge in [0.25, 0.3) is 5.91 Å². The number of hydrogen-bond donors (Lipinski definition) is 3. The Bertz CT molecular complexity index is 753. The first-order valence-corrected chi connectivity index (χ1v) is 10.2. The summed E-state index contributed by atoms with van der Waals surface area (Å²) in [5.74, 6) is -0.125. The first kappa shape index (κ1) is 20.1. The van der Waals surface area contributed by atoms with Crippen molar-refractivity contribution in [3.63, 3.8) is 0 Å². The van der Waals surface area contributed by atoms with Gasteiger partial charge in [0.05, 0.1) is 6.54 Å². The predicted molar refractivity (Wildman–Crippen MR) is 112 cm³/mol. The Morgan fingerprint density at radius 1 is 0.893 bits per heavy atom. The van der Waals surface area contributed by atoms with Crippen molar-refractivity contribution in [2.45, 2.75) is 44.6 Å². The van der Waals surface area contributed by atoms with E-state index in [1.807, 2.05) is 18.2 Å². The van der Waals surface area contributed by atoms with E-state index in [0.29, 0.717) is 17.3 Å². The van der Waals surface area contributed by atoms with Gasteiger partial charge >= 0.3 is 0 Å². The molecule has 0 unspecified atom stereocenters. The molecule has 5 heteroatoms. The van der Waals surface area contributed by atoms with Crippen LogP contribution in [0.15, 0.2) is 54.6 Å². The maximum Gasteiger partial charge on any atom is 0.251 e. The van der Waals surface area contributed by atoms with Gasteiger partial charge in [0.15, 0.2) is 0 Å². The number of benzene rings is 2. The highest BCUT2D eigenvalue weighted by atomic mass is 16.2. The van der Waals surface area contributed by atoms with Gasteiger partial charge in [-0.2, -0.15) is 0 Å². The topological polar surface area (TPSA) is 70.2 Å². The lowest BCUT2D eigenvalue weighted by molar-refractivity contribution is -0.115. The van der Waals surface area contributed by atoms with E-state index in [1.165, 1.54) is 24.8 Å². The SMILES string of the molecule is O=C(CNCCc1ccccc1)Nc1ccc(C(=O)NC2CCCCC2)cc1. The summed E-state index contributed by atoms with van der Waals surface area (Å²) in [6.07, 6.45) is 6.67. The van der Waals surface area contributed by atoms with Gasteiger partial charge < -0.3 is 16.0 Å². The number of amides is 2. The third-order valence-electron chi connectivity index (χ3n) is 5.09. The molecule has 0 atom stereocenters. The fraction of sp³-hybridized carbons (Fsp3) is 0.391. The summed E-state index contributed by atoms with van der Waals surface area (Å²) in [6, 6.07) is 17.5. The average Bonchev–Trinajstić information content (AvgIpc) is 2.73. The van der Waals surface area contributed by atoms with Crippen LogP contribution in [0.5, 0.6) is 0 Å². The molecule has 28 heavy (non-hydrogen) atoms. The van der Waals surface area contributed by atoms with Crippen LogP contribution < -0.4 is 16.0 Å². The summed E-state index contributed by atoms with van der Waals surface area (Å²) in [7, 11) is 0. The lowest BCUT2D eigenvalue weighted by Gasteiger charge is -2.22. The second-order valence-electron chi connectivity index (χ2n) is 7.35. The molecule has 0 aromatic heterocycles. The van der Waals surface area contributed by atoms with E-state index in [2.05, 4.69) is 28.1 Å². The maximum absolute atomic E-state index is 12.3. The van der Waals surface area contributed by atoms with Crippen molar-refractivity contribution in [1.29, 1.82) is 0 Å². The Labute approximate surface area is 166 Å². The molecular weight excluding hydrogens is 350 g/mol. The maximum atomic E-state index is 12.3. The van der Waals surface area contributed by atoms with Gasteiger partial charge in [-0.25, -0.2) is 0 Å². The van der Waals surface area contributed by atoms with Crippen LogP contribution in [0.3, 0.4) is 0 Å². The van der Waals surface area contributed by atoms with E-state index in [0.717, 1.165) is 25.8 Å². The number of hydrogen-bond acceptors (Lipinski definition) is 3. The molecule has 3 rings (SSSR count). The minimum Gasteiger partial charge on any atom is -0.349 e. The van der Waals surface area contributed by atoms with Gasteiger partial charge in [-0.05, 0) is 55.6 Å². The average molecular weight is 380 g/mol. The summed E-state index contributed by atoms with van der Waals surface area (Å²) in [6.45, 7) is 1.01. The molecule has 0 aliphatic heterocycles. The molecule has 3 N–H and O–H groups in total. The minimum absolute atomic E-state index is 0.0349. The molecule has 148 valence electrons. The lowest BCUT2D eigenvalue weighted by Crippen LogP contribution is -2.36. The molecule has 1 saturated carbocycles. The van der Waals surface area contributed by atoms with Crippen LogP contribution in [0.1, 0.15) is 48.0 Å². The van der Waals surface area contributed by atoms with Crippen molar-refractivity contribution in [2.75, 3.05) is 18.4 Å². The number of anilines is 1. The first-order chi connectivity index (χ1) is 13.7. The van der Waals surface area contributed by atoms with Crippen LogP contribution in [0.2, 0.25) is 0 Å². The zero-order valence-corrected chi connectivity index (χ0v) is 16.2. The van der Waals surface area contributed by atoms with Crippen LogP contribution in [0.4, 0.5) is 5.69 Å². The molecule has 1 fully saturated rings. The van der Waals surface area contributed by atoms with E-state index >= 15 is 0 Å². The molecule has 2 aromatic rings. The molecular formula is C23H29N3O2. The van der Waals surface area contributed by atoms with Crippen molar-refractivity contribution >= 4 is 17.5 Å². The van der Waals surface area contributed by atoms with E-state index < -0.39 is 0 Å². The molecule has 1 aliphatic rings. The van der Waals surface area contributed by atoms with Gasteiger partial charge in [0, 0.05) is 17.3 Å². The Kier molecular flexibility index (Phi) is 7.62. The normalized spacial score (nSPS) is 14.4. The molecule has 0 spiro atoms. The second-order valence-corrected chi connectivity index (χ2v) is 7.35. The van der Waals surface area contributed by atoms with Crippen molar-refractivity contribution in [1.82, 2.24) is 10.6 Å². The smallest absolute Gasteiger partial charge is 0.251 e. The minimum atomic E-state index is -0.0903. The van der Waals surface area contributed by atoms with Crippen molar-refractivity contribution in [3.8, 4) is 0 Å². The summed E-state index contributed by atoms with van der Waals surface area (Å²) in [4.78, 5) is 24.4. The molecule has 5 nitrogen and oxygen atoms in total. The predicted octanol–water partition coefficient (Wildman–Crippen LogP) is 3.52. The quantitative estimate of drug-likeness (QED) is 0.615. The van der Waals surface area contributed by atoms with E-state index in [1.54, 1.807) is 24.3 Å². The first-order valence-electron chi connectivity index (χ1n) is 10.2. The molecule has 2 amide bonds. The van der Waals surface area contributed by atoms with Gasteiger partial charge in [0.2, 0.25) is 5.91 Å². The van der Waals surface area contributed by atoms with E-state index in [9.17, 15) is 9.59 Å². The van der Waals surface area contributed by atoms with Crippen LogP contribution in [-0.2, 0) is 11.2 Å². The third-order valence-corrected chi connectivity index (χ3v) is 5.09. The molecule has 0 bridgehead atoms. The Hall–Kier alpha value is -2.66. The van der Waals surface area contributed by atoms with Gasteiger partial charge in [-0.1, -0.05) is 49.6 Å². The lowest BCUT2D eigenvalue weighted by atomic mass is 9.95. The molecule has 0 radical (unpaired) electrons. The largest absolute Gasteiger partial charge is 0.349 e. The highest BCUT2D eigenvalue weighted by Crippen LogP contribution is 2.18. The Morgan fingerprint density at radius 3 is 2.32 bits per heavy atom. The van der Waals surface area contributed by atoms with Gasteiger partial charge in [-0.15, -0.1) is 0 Å². The zero-order chi connectivity index (χ0) is 19.6. The molecule has 0 saturated heterocycles. The Morgan fingerprint density at radius 2 is 1.61 bits per heavy atom. The fourth-order valence-corrected chi connectivity index (χ4v) is 3.51. The standard InChI is InChI=1S/C23H29N3O2/c27-22(17-24-16-15-18-7-3-1-4-8-18)25-21-13-11-19(12-14-21)23(28)26-20-9-5-2-6-10-20/h1,3-4,7-8,11-14,20,24H,2,5-6,9-10,15-17H2,(H,25,27)(H,26,28). The summed E-state index contributed by atoms with van der Waals surface area (Å²) < 4.78 is 0. The molecule has 1 aliphatic carbocycles. The summed E-state index contributed by atoms with van der Waals surface area (Å²) in [5, 5.41) is 9.11. The Balaban J connectivity index is 1.38. The van der Waals surface area contributed by atoms with Crippen LogP contribution in [0, 0.1) is 0 Å². The van der Waals surface area contributed by atoms with E-state index in [4.69, 9.17) is 0 Å². The molecule has 0 heterocycles. The number of carbonyl (C=O) groups excluding carboxylic acids is 2. The monoisotopic (exact) mass is 379 g/mol. The number of rotatable bonds is 8. The van der Waals surface area contributed by atoms with Crippen LogP contribution in [-0.4, -0.2) is 30.9 Å². The van der Waals surface area contributed by atoms with Crippen molar-refractivity contribution < 1.29 is 9.59 Å². The summed E-state index contributed by atoms with van der Waals surface area (Å²) >= 11 is 0. The highest BCUT2D eigenvalue weighted by Gasteiger charge is 2.16. The molecule has 2 aromatic carbocycles. The summed E-state index contributed by atoms with van der Waals surface area (Å²) in [5.41, 5.74) is 2.58. The second kappa shape index (κ2) is 10.6. The highest BCUT2D eigenvalue weighted by molar-refractivity contribution is 5.96. The van der Waals surface area contributed by atoms with Gasteiger partial charge in [-0.3, -0.25) is 9.59 Å².